The number of aliphatic hydroxyl groups excluding tert-OH is 1. The van der Waals surface area contributed by atoms with Gasteiger partial charge in [0.1, 0.15) is 0 Å². The molecule has 1 rings (SSSR count). The van der Waals surface area contributed by atoms with Gasteiger partial charge in [0.2, 0.25) is 5.91 Å². The SMILES string of the molecule is CCCOC[C@H](O)C[C@H](Cc1ccccc1)C(=O)NN. The van der Waals surface area contributed by atoms with E-state index < -0.39 is 6.10 Å². The van der Waals surface area contributed by atoms with Gasteiger partial charge in [-0.05, 0) is 24.8 Å². The lowest BCUT2D eigenvalue weighted by molar-refractivity contribution is -0.126. The molecule has 0 spiro atoms. The largest absolute Gasteiger partial charge is 0.391 e. The quantitative estimate of drug-likeness (QED) is 0.273. The van der Waals surface area contributed by atoms with Gasteiger partial charge in [0, 0.05) is 12.5 Å². The molecule has 1 aromatic rings. The topological polar surface area (TPSA) is 84.6 Å². The van der Waals surface area contributed by atoms with Gasteiger partial charge in [-0.15, -0.1) is 0 Å². The fraction of sp³-hybridized carbons (Fsp3) is 0.533. The molecule has 1 aromatic carbocycles. The third-order valence-electron chi connectivity index (χ3n) is 3.05. The van der Waals surface area contributed by atoms with E-state index in [1.165, 1.54) is 0 Å². The van der Waals surface area contributed by atoms with Gasteiger partial charge in [-0.1, -0.05) is 37.3 Å². The Hall–Kier alpha value is -1.43. The third kappa shape index (κ3) is 6.14. The zero-order chi connectivity index (χ0) is 14.8. The molecule has 4 N–H and O–H groups in total. The summed E-state index contributed by atoms with van der Waals surface area (Å²) in [5, 5.41) is 9.92. The van der Waals surface area contributed by atoms with Crippen LogP contribution < -0.4 is 11.3 Å². The van der Waals surface area contributed by atoms with Crippen LogP contribution in [0.1, 0.15) is 25.3 Å². The Bertz CT molecular complexity index is 384. The first-order chi connectivity index (χ1) is 9.67. The number of aliphatic hydroxyl groups is 1. The highest BCUT2D eigenvalue weighted by molar-refractivity contribution is 5.78. The van der Waals surface area contributed by atoms with Gasteiger partial charge in [-0.25, -0.2) is 5.84 Å². The molecule has 0 aliphatic carbocycles. The van der Waals surface area contributed by atoms with E-state index in [4.69, 9.17) is 10.6 Å². The van der Waals surface area contributed by atoms with Crippen LogP contribution in [0, 0.1) is 5.92 Å². The monoisotopic (exact) mass is 280 g/mol. The molecule has 0 unspecified atom stereocenters. The molecule has 0 bridgehead atoms. The van der Waals surface area contributed by atoms with Gasteiger partial charge in [0.05, 0.1) is 12.7 Å². The lowest BCUT2D eigenvalue weighted by atomic mass is 9.93. The summed E-state index contributed by atoms with van der Waals surface area (Å²) in [5.74, 6) is 4.59. The van der Waals surface area contributed by atoms with Gasteiger partial charge < -0.3 is 9.84 Å². The minimum atomic E-state index is -0.660. The Labute approximate surface area is 120 Å². The van der Waals surface area contributed by atoms with E-state index in [9.17, 15) is 9.90 Å². The lowest BCUT2D eigenvalue weighted by Crippen LogP contribution is -2.38. The van der Waals surface area contributed by atoms with Crippen molar-refractivity contribution in [3.05, 3.63) is 35.9 Å². The molecule has 0 radical (unpaired) electrons. The third-order valence-corrected chi connectivity index (χ3v) is 3.05. The fourth-order valence-corrected chi connectivity index (χ4v) is 2.06. The van der Waals surface area contributed by atoms with Crippen molar-refractivity contribution in [2.45, 2.75) is 32.3 Å². The Kier molecular flexibility index (Phi) is 7.87. The van der Waals surface area contributed by atoms with Crippen molar-refractivity contribution in [2.24, 2.45) is 11.8 Å². The molecule has 5 heteroatoms. The molecule has 0 aliphatic heterocycles. The number of ether oxygens (including phenoxy) is 1. The number of hydrazine groups is 1. The van der Waals surface area contributed by atoms with Gasteiger partial charge in [0.15, 0.2) is 0 Å². The van der Waals surface area contributed by atoms with Crippen molar-refractivity contribution < 1.29 is 14.6 Å². The summed E-state index contributed by atoms with van der Waals surface area (Å²) in [6.45, 7) is 2.87. The average Bonchev–Trinajstić information content (AvgIpc) is 2.47. The van der Waals surface area contributed by atoms with Crippen molar-refractivity contribution in [3.63, 3.8) is 0 Å². The molecule has 0 fully saturated rings. The highest BCUT2D eigenvalue weighted by atomic mass is 16.5. The Morgan fingerprint density at radius 3 is 2.70 bits per heavy atom. The maximum absolute atomic E-state index is 11.8. The molecular formula is C15H24N2O3. The Morgan fingerprint density at radius 1 is 1.40 bits per heavy atom. The van der Waals surface area contributed by atoms with Gasteiger partial charge >= 0.3 is 0 Å². The molecule has 0 aliphatic rings. The van der Waals surface area contributed by atoms with Crippen LogP contribution in [0.25, 0.3) is 0 Å². The van der Waals surface area contributed by atoms with Crippen molar-refractivity contribution >= 4 is 5.91 Å². The zero-order valence-electron chi connectivity index (χ0n) is 11.9. The molecule has 5 nitrogen and oxygen atoms in total. The molecule has 2 atom stereocenters. The van der Waals surface area contributed by atoms with Crippen molar-refractivity contribution in [3.8, 4) is 0 Å². The summed E-state index contributed by atoms with van der Waals surface area (Å²) in [6.07, 6.45) is 1.13. The number of nitrogens with two attached hydrogens (primary N) is 1. The number of hydrogen-bond donors (Lipinski definition) is 3. The minimum Gasteiger partial charge on any atom is -0.391 e. The summed E-state index contributed by atoms with van der Waals surface area (Å²) in [6, 6.07) is 9.68. The maximum atomic E-state index is 11.8. The zero-order valence-corrected chi connectivity index (χ0v) is 11.9. The number of hydrogen-bond acceptors (Lipinski definition) is 4. The Morgan fingerprint density at radius 2 is 2.10 bits per heavy atom. The highest BCUT2D eigenvalue weighted by Crippen LogP contribution is 2.15. The molecule has 0 aromatic heterocycles. The predicted octanol–water partition coefficient (Wildman–Crippen LogP) is 1.01. The van der Waals surface area contributed by atoms with Crippen LogP contribution in [0.5, 0.6) is 0 Å². The highest BCUT2D eigenvalue weighted by Gasteiger charge is 2.22. The first-order valence-electron chi connectivity index (χ1n) is 6.97. The number of benzene rings is 1. The van der Waals surface area contributed by atoms with Gasteiger partial charge in [-0.3, -0.25) is 10.2 Å². The first kappa shape index (κ1) is 16.6. The van der Waals surface area contributed by atoms with E-state index in [2.05, 4.69) is 5.43 Å². The number of carbonyl (C=O) groups excluding carboxylic acids is 1. The second-order valence-corrected chi connectivity index (χ2v) is 4.86. The Balaban J connectivity index is 2.54. The van der Waals surface area contributed by atoms with E-state index in [1.807, 2.05) is 37.3 Å². The van der Waals surface area contributed by atoms with E-state index in [0.29, 0.717) is 19.4 Å². The predicted molar refractivity (Wildman–Crippen MR) is 77.7 cm³/mol. The first-order valence-corrected chi connectivity index (χ1v) is 6.97. The van der Waals surface area contributed by atoms with Crippen molar-refractivity contribution in [1.29, 1.82) is 0 Å². The van der Waals surface area contributed by atoms with Crippen LogP contribution in [-0.4, -0.2) is 30.3 Å². The van der Waals surface area contributed by atoms with Crippen LogP contribution in [0.3, 0.4) is 0 Å². The van der Waals surface area contributed by atoms with E-state index in [-0.39, 0.29) is 18.4 Å². The number of carbonyl (C=O) groups is 1. The maximum Gasteiger partial charge on any atom is 0.237 e. The molecule has 1 amide bonds. The summed E-state index contributed by atoms with van der Waals surface area (Å²) < 4.78 is 5.30. The summed E-state index contributed by atoms with van der Waals surface area (Å²) in [5.41, 5.74) is 3.21. The molecule has 20 heavy (non-hydrogen) atoms. The van der Waals surface area contributed by atoms with Crippen molar-refractivity contribution in [1.82, 2.24) is 5.43 Å². The minimum absolute atomic E-state index is 0.247. The number of rotatable bonds is 9. The van der Waals surface area contributed by atoms with Crippen molar-refractivity contribution in [2.75, 3.05) is 13.2 Å². The standard InChI is InChI=1S/C15H24N2O3/c1-2-8-20-11-14(18)10-13(15(19)17-16)9-12-6-4-3-5-7-12/h3-7,13-14,18H,2,8-11,16H2,1H3,(H,17,19)/t13-,14+/m0/s1. The molecule has 0 heterocycles. The molecule has 0 saturated heterocycles. The lowest BCUT2D eigenvalue weighted by Gasteiger charge is -2.19. The van der Waals surface area contributed by atoms with Crippen LogP contribution in [0.2, 0.25) is 0 Å². The summed E-state index contributed by atoms with van der Waals surface area (Å²) >= 11 is 0. The van der Waals surface area contributed by atoms with Crippen LogP contribution in [-0.2, 0) is 16.0 Å². The summed E-state index contributed by atoms with van der Waals surface area (Å²) in [4.78, 5) is 11.8. The van der Waals surface area contributed by atoms with E-state index in [1.54, 1.807) is 0 Å². The second-order valence-electron chi connectivity index (χ2n) is 4.86. The average molecular weight is 280 g/mol. The van der Waals surface area contributed by atoms with Crippen LogP contribution in [0.15, 0.2) is 30.3 Å². The number of nitrogens with one attached hydrogen (secondary N) is 1. The van der Waals surface area contributed by atoms with Crippen LogP contribution in [0.4, 0.5) is 0 Å². The van der Waals surface area contributed by atoms with E-state index >= 15 is 0 Å². The fourth-order valence-electron chi connectivity index (χ4n) is 2.06. The normalized spacial score (nSPS) is 13.8. The molecule has 112 valence electrons. The van der Waals surface area contributed by atoms with Gasteiger partial charge in [-0.2, -0.15) is 0 Å². The smallest absolute Gasteiger partial charge is 0.237 e. The van der Waals surface area contributed by atoms with Crippen LogP contribution >= 0.6 is 0 Å². The van der Waals surface area contributed by atoms with E-state index in [0.717, 1.165) is 12.0 Å². The number of amides is 1. The molecular weight excluding hydrogens is 256 g/mol. The molecule has 0 saturated carbocycles. The second kappa shape index (κ2) is 9.47. The van der Waals surface area contributed by atoms with Gasteiger partial charge in [0.25, 0.3) is 0 Å². The summed E-state index contributed by atoms with van der Waals surface area (Å²) in [7, 11) is 0.